The Morgan fingerprint density at radius 3 is 1.00 bits per heavy atom. The highest BCUT2D eigenvalue weighted by atomic mass is 16.5. The Morgan fingerprint density at radius 1 is 0.500 bits per heavy atom. The molecule has 0 radical (unpaired) electrons. The Hall–Kier alpha value is -3.26. The topological polar surface area (TPSA) is 18.5 Å². The summed E-state index contributed by atoms with van der Waals surface area (Å²) < 4.78 is 11.7. The number of rotatable bonds is 10. The van der Waals surface area contributed by atoms with Gasteiger partial charge in [0.15, 0.2) is 0 Å². The Kier molecular flexibility index (Phi) is 8.74. The minimum atomic E-state index is 0.243. The number of hydrogen-bond donors (Lipinski definition) is 0. The smallest absolute Gasteiger partial charge is 0.119 e. The van der Waals surface area contributed by atoms with Crippen molar-refractivity contribution < 1.29 is 9.47 Å². The van der Waals surface area contributed by atoms with Crippen molar-refractivity contribution in [2.75, 3.05) is 0 Å². The first-order chi connectivity index (χ1) is 15.6. The number of ether oxygens (including phenoxy) is 2. The van der Waals surface area contributed by atoms with E-state index < -0.39 is 0 Å². The number of benzene rings is 3. The molecule has 32 heavy (non-hydrogen) atoms. The quantitative estimate of drug-likeness (QED) is 0.303. The molecule has 0 saturated heterocycles. The van der Waals surface area contributed by atoms with E-state index in [0.29, 0.717) is 0 Å². The van der Waals surface area contributed by atoms with E-state index in [1.165, 1.54) is 11.1 Å². The second kappa shape index (κ2) is 12.0. The van der Waals surface area contributed by atoms with Crippen molar-refractivity contribution in [1.82, 2.24) is 0 Å². The molecule has 2 heteroatoms. The van der Waals surface area contributed by atoms with Crippen LogP contribution in [0.5, 0.6) is 11.5 Å². The summed E-state index contributed by atoms with van der Waals surface area (Å²) in [5.41, 5.74) is 4.67. The summed E-state index contributed by atoms with van der Waals surface area (Å²) in [6.07, 6.45) is 11.0. The second-order valence-electron chi connectivity index (χ2n) is 8.14. The lowest BCUT2D eigenvalue weighted by atomic mass is 10.1. The van der Waals surface area contributed by atoms with Gasteiger partial charge in [0.25, 0.3) is 0 Å². The van der Waals surface area contributed by atoms with Crippen molar-refractivity contribution >= 4 is 24.3 Å². The van der Waals surface area contributed by atoms with Crippen LogP contribution in [0.3, 0.4) is 0 Å². The molecule has 0 saturated carbocycles. The van der Waals surface area contributed by atoms with Gasteiger partial charge in [0.05, 0.1) is 12.2 Å². The van der Waals surface area contributed by atoms with Crippen molar-refractivity contribution in [2.45, 2.75) is 52.7 Å². The first-order valence-corrected chi connectivity index (χ1v) is 11.6. The minimum Gasteiger partial charge on any atom is -0.491 e. The van der Waals surface area contributed by atoms with Crippen LogP contribution in [0, 0.1) is 0 Å². The van der Waals surface area contributed by atoms with Crippen molar-refractivity contribution in [1.29, 1.82) is 0 Å². The third-order valence-corrected chi connectivity index (χ3v) is 5.46. The van der Waals surface area contributed by atoms with Gasteiger partial charge in [-0.2, -0.15) is 0 Å². The van der Waals surface area contributed by atoms with Gasteiger partial charge >= 0.3 is 0 Å². The molecule has 2 atom stereocenters. The molecule has 3 aromatic rings. The van der Waals surface area contributed by atoms with E-state index in [-0.39, 0.29) is 12.2 Å². The van der Waals surface area contributed by atoms with E-state index in [4.69, 9.17) is 9.47 Å². The van der Waals surface area contributed by atoms with Crippen LogP contribution in [0.2, 0.25) is 0 Å². The lowest BCUT2D eigenvalue weighted by molar-refractivity contribution is 0.217. The van der Waals surface area contributed by atoms with Crippen LogP contribution in [0.1, 0.15) is 62.8 Å². The first-order valence-electron chi connectivity index (χ1n) is 11.6. The molecule has 0 aliphatic carbocycles. The Morgan fingerprint density at radius 2 is 0.750 bits per heavy atom. The van der Waals surface area contributed by atoms with E-state index in [1.807, 2.05) is 24.3 Å². The zero-order valence-corrected chi connectivity index (χ0v) is 19.6. The maximum absolute atomic E-state index is 5.84. The Bertz CT molecular complexity index is 912. The van der Waals surface area contributed by atoms with Crippen LogP contribution < -0.4 is 9.47 Å². The molecule has 0 fully saturated rings. The van der Waals surface area contributed by atoms with E-state index in [1.54, 1.807) is 0 Å². The normalized spacial score (nSPS) is 13.4. The molecule has 0 N–H and O–H groups in total. The molecule has 3 aromatic carbocycles. The standard InChI is InChI=1S/C30H34O2/c1-5-23(3)31-29-19-15-27(16-20-29)13-11-25-7-9-26(10-8-25)12-14-28-17-21-30(22-18-28)32-24(4)6-2/h7-24H,5-6H2,1-4H3/b13-11+,14-12+. The summed E-state index contributed by atoms with van der Waals surface area (Å²) in [5, 5.41) is 0. The molecule has 0 aromatic heterocycles. The summed E-state index contributed by atoms with van der Waals surface area (Å²) in [6, 6.07) is 25.0. The van der Waals surface area contributed by atoms with E-state index >= 15 is 0 Å². The SMILES string of the molecule is CCC(C)Oc1ccc(/C=C/c2ccc(/C=C/c3ccc(OC(C)CC)cc3)cc2)cc1. The fraction of sp³-hybridized carbons (Fsp3) is 0.267. The lowest BCUT2D eigenvalue weighted by Gasteiger charge is -2.12. The molecule has 2 nitrogen and oxygen atoms in total. The number of hydrogen-bond acceptors (Lipinski definition) is 2. The zero-order valence-electron chi connectivity index (χ0n) is 19.6. The molecular formula is C30H34O2. The van der Waals surface area contributed by atoms with Crippen LogP contribution in [0.4, 0.5) is 0 Å². The van der Waals surface area contributed by atoms with Gasteiger partial charge in [0.1, 0.15) is 11.5 Å². The van der Waals surface area contributed by atoms with Gasteiger partial charge in [-0.1, -0.05) is 86.7 Å². The molecule has 2 unspecified atom stereocenters. The Balaban J connectivity index is 1.55. The van der Waals surface area contributed by atoms with Crippen LogP contribution in [-0.4, -0.2) is 12.2 Å². The van der Waals surface area contributed by atoms with E-state index in [9.17, 15) is 0 Å². The van der Waals surface area contributed by atoms with Crippen LogP contribution >= 0.6 is 0 Å². The highest BCUT2D eigenvalue weighted by Gasteiger charge is 2.01. The van der Waals surface area contributed by atoms with Gasteiger partial charge in [-0.3, -0.25) is 0 Å². The van der Waals surface area contributed by atoms with Crippen LogP contribution in [-0.2, 0) is 0 Å². The highest BCUT2D eigenvalue weighted by molar-refractivity contribution is 5.73. The molecule has 166 valence electrons. The molecule has 0 aliphatic heterocycles. The molecule has 3 rings (SSSR count). The molecular weight excluding hydrogens is 392 g/mol. The highest BCUT2D eigenvalue weighted by Crippen LogP contribution is 2.18. The summed E-state index contributed by atoms with van der Waals surface area (Å²) in [6.45, 7) is 8.44. The molecule has 0 bridgehead atoms. The predicted octanol–water partition coefficient (Wildman–Crippen LogP) is 8.38. The molecule has 0 amide bonds. The minimum absolute atomic E-state index is 0.243. The average Bonchev–Trinajstić information content (AvgIpc) is 2.83. The van der Waals surface area contributed by atoms with E-state index in [2.05, 4.69) is 101 Å². The fourth-order valence-corrected chi connectivity index (χ4v) is 3.05. The zero-order chi connectivity index (χ0) is 22.8. The molecule has 0 heterocycles. The summed E-state index contributed by atoms with van der Waals surface area (Å²) in [5.74, 6) is 1.84. The first kappa shape index (κ1) is 23.4. The molecule has 0 spiro atoms. The van der Waals surface area contributed by atoms with Crippen LogP contribution in [0.15, 0.2) is 72.8 Å². The maximum Gasteiger partial charge on any atom is 0.119 e. The third-order valence-electron chi connectivity index (χ3n) is 5.46. The maximum atomic E-state index is 5.84. The Labute approximate surface area is 193 Å². The van der Waals surface area contributed by atoms with Gasteiger partial charge in [-0.15, -0.1) is 0 Å². The molecule has 0 aliphatic rings. The summed E-state index contributed by atoms with van der Waals surface area (Å²) >= 11 is 0. The van der Waals surface area contributed by atoms with Gasteiger partial charge < -0.3 is 9.47 Å². The van der Waals surface area contributed by atoms with Gasteiger partial charge in [0.2, 0.25) is 0 Å². The predicted molar refractivity (Wildman–Crippen MR) is 138 cm³/mol. The second-order valence-corrected chi connectivity index (χ2v) is 8.14. The largest absolute Gasteiger partial charge is 0.491 e. The fourth-order valence-electron chi connectivity index (χ4n) is 3.05. The summed E-state index contributed by atoms with van der Waals surface area (Å²) in [4.78, 5) is 0. The van der Waals surface area contributed by atoms with Crippen molar-refractivity contribution in [3.05, 3.63) is 95.1 Å². The third kappa shape index (κ3) is 7.46. The average molecular weight is 427 g/mol. The van der Waals surface area contributed by atoms with E-state index in [0.717, 1.165) is 35.5 Å². The van der Waals surface area contributed by atoms with Crippen LogP contribution in [0.25, 0.3) is 24.3 Å². The monoisotopic (exact) mass is 426 g/mol. The van der Waals surface area contributed by atoms with Crippen molar-refractivity contribution in [2.24, 2.45) is 0 Å². The summed E-state index contributed by atoms with van der Waals surface area (Å²) in [7, 11) is 0. The van der Waals surface area contributed by atoms with Crippen molar-refractivity contribution in [3.63, 3.8) is 0 Å². The van der Waals surface area contributed by atoms with Crippen molar-refractivity contribution in [3.8, 4) is 11.5 Å². The lowest BCUT2D eigenvalue weighted by Crippen LogP contribution is -2.09. The van der Waals surface area contributed by atoms with Gasteiger partial charge in [-0.25, -0.2) is 0 Å². The van der Waals surface area contributed by atoms with Gasteiger partial charge in [0, 0.05) is 0 Å². The van der Waals surface area contributed by atoms with Gasteiger partial charge in [-0.05, 0) is 73.2 Å².